The number of carboxylic acids is 1. The third-order valence-corrected chi connectivity index (χ3v) is 3.11. The first kappa shape index (κ1) is 14.7. The Morgan fingerprint density at radius 3 is 2.38 bits per heavy atom. The van der Waals surface area contributed by atoms with Gasteiger partial charge in [0.25, 0.3) is 0 Å². The monoisotopic (exact) mass is 280 g/mol. The summed E-state index contributed by atoms with van der Waals surface area (Å²) in [6.07, 6.45) is 5.31. The highest BCUT2D eigenvalue weighted by atomic mass is 16.5. The molecule has 0 spiro atoms. The lowest BCUT2D eigenvalue weighted by Crippen LogP contribution is -2.04. The molecular weight excluding hydrogens is 264 g/mol. The van der Waals surface area contributed by atoms with Crippen LogP contribution in [0.5, 0.6) is 5.75 Å². The summed E-state index contributed by atoms with van der Waals surface area (Å²) < 4.78 is 5.67. The number of ether oxygens (including phenoxy) is 1. The number of terminal acetylenes is 1. The Labute approximate surface area is 124 Å². The summed E-state index contributed by atoms with van der Waals surface area (Å²) in [7, 11) is 0. The van der Waals surface area contributed by atoms with Crippen molar-refractivity contribution in [3.05, 3.63) is 65.7 Å². The van der Waals surface area contributed by atoms with Gasteiger partial charge in [-0.05, 0) is 23.3 Å². The summed E-state index contributed by atoms with van der Waals surface area (Å²) in [5.41, 5.74) is 1.90. The third kappa shape index (κ3) is 4.39. The van der Waals surface area contributed by atoms with E-state index in [1.165, 1.54) is 0 Å². The van der Waals surface area contributed by atoms with E-state index in [0.29, 0.717) is 6.61 Å². The zero-order chi connectivity index (χ0) is 15.1. The molecule has 1 atom stereocenters. The molecule has 106 valence electrons. The van der Waals surface area contributed by atoms with E-state index in [9.17, 15) is 4.79 Å². The lowest BCUT2D eigenvalue weighted by molar-refractivity contribution is -0.137. The quantitative estimate of drug-likeness (QED) is 0.824. The number of hydrogen-bond acceptors (Lipinski definition) is 2. The van der Waals surface area contributed by atoms with Crippen molar-refractivity contribution >= 4 is 5.97 Å². The predicted octanol–water partition coefficient (Wildman–Crippen LogP) is 3.46. The number of aliphatic carboxylic acids is 1. The van der Waals surface area contributed by atoms with Gasteiger partial charge in [0.1, 0.15) is 12.4 Å². The molecule has 0 aromatic heterocycles. The molecular formula is C18H16O3. The van der Waals surface area contributed by atoms with Crippen LogP contribution in [0, 0.1) is 12.3 Å². The highest BCUT2D eigenvalue weighted by molar-refractivity contribution is 5.68. The lowest BCUT2D eigenvalue weighted by atomic mass is 9.97. The molecule has 0 amide bonds. The molecule has 21 heavy (non-hydrogen) atoms. The summed E-state index contributed by atoms with van der Waals surface area (Å²) >= 11 is 0. The molecule has 3 heteroatoms. The van der Waals surface area contributed by atoms with Gasteiger partial charge in [0.2, 0.25) is 0 Å². The molecule has 0 saturated carbocycles. The average Bonchev–Trinajstić information content (AvgIpc) is 2.52. The van der Waals surface area contributed by atoms with E-state index in [-0.39, 0.29) is 6.42 Å². The van der Waals surface area contributed by atoms with Crippen LogP contribution in [0.25, 0.3) is 0 Å². The van der Waals surface area contributed by atoms with Crippen LogP contribution in [-0.2, 0) is 11.4 Å². The molecule has 0 aliphatic carbocycles. The van der Waals surface area contributed by atoms with Crippen molar-refractivity contribution in [2.45, 2.75) is 18.9 Å². The average molecular weight is 280 g/mol. The molecule has 0 bridgehead atoms. The number of carboxylic acid groups (broad SMARTS) is 1. The van der Waals surface area contributed by atoms with Gasteiger partial charge in [-0.15, -0.1) is 6.42 Å². The fraction of sp³-hybridized carbons (Fsp3) is 0.167. The van der Waals surface area contributed by atoms with Gasteiger partial charge in [0.15, 0.2) is 0 Å². The topological polar surface area (TPSA) is 46.5 Å². The van der Waals surface area contributed by atoms with Crippen molar-refractivity contribution in [3.63, 3.8) is 0 Å². The van der Waals surface area contributed by atoms with Crippen molar-refractivity contribution < 1.29 is 14.6 Å². The van der Waals surface area contributed by atoms with E-state index in [1.54, 1.807) is 0 Å². The first-order chi connectivity index (χ1) is 10.2. The molecule has 0 aliphatic rings. The minimum atomic E-state index is -0.901. The van der Waals surface area contributed by atoms with Crippen LogP contribution in [0.15, 0.2) is 54.6 Å². The molecule has 2 rings (SSSR count). The van der Waals surface area contributed by atoms with Crippen LogP contribution in [0.4, 0.5) is 0 Å². The van der Waals surface area contributed by atoms with Crippen LogP contribution in [0.3, 0.4) is 0 Å². The summed E-state index contributed by atoms with van der Waals surface area (Å²) in [4.78, 5) is 10.7. The van der Waals surface area contributed by atoms with Gasteiger partial charge in [0, 0.05) is 0 Å². The third-order valence-electron chi connectivity index (χ3n) is 3.11. The molecule has 0 saturated heterocycles. The maximum Gasteiger partial charge on any atom is 0.304 e. The van der Waals surface area contributed by atoms with Crippen molar-refractivity contribution in [1.82, 2.24) is 0 Å². The van der Waals surface area contributed by atoms with E-state index >= 15 is 0 Å². The molecule has 3 nitrogen and oxygen atoms in total. The molecule has 0 heterocycles. The fourth-order valence-corrected chi connectivity index (χ4v) is 1.98. The second-order valence-corrected chi connectivity index (χ2v) is 4.66. The molecule has 0 aliphatic heterocycles. The van der Waals surface area contributed by atoms with Gasteiger partial charge < -0.3 is 9.84 Å². The Bertz CT molecular complexity index is 624. The Hall–Kier alpha value is -2.73. The normalized spacial score (nSPS) is 11.4. The van der Waals surface area contributed by atoms with Gasteiger partial charge in [-0.1, -0.05) is 48.4 Å². The zero-order valence-corrected chi connectivity index (χ0v) is 11.5. The van der Waals surface area contributed by atoms with E-state index < -0.39 is 11.9 Å². The van der Waals surface area contributed by atoms with Gasteiger partial charge in [0.05, 0.1) is 12.3 Å². The van der Waals surface area contributed by atoms with Crippen LogP contribution < -0.4 is 4.74 Å². The summed E-state index contributed by atoms with van der Waals surface area (Å²) in [5.74, 6) is 1.92. The lowest BCUT2D eigenvalue weighted by Gasteiger charge is -2.10. The van der Waals surface area contributed by atoms with Gasteiger partial charge in [-0.3, -0.25) is 4.79 Å². The number of rotatable bonds is 6. The van der Waals surface area contributed by atoms with Crippen LogP contribution in [0.2, 0.25) is 0 Å². The smallest absolute Gasteiger partial charge is 0.304 e. The molecule has 0 radical (unpaired) electrons. The highest BCUT2D eigenvalue weighted by Gasteiger charge is 2.12. The Morgan fingerprint density at radius 2 is 1.81 bits per heavy atom. The van der Waals surface area contributed by atoms with Crippen LogP contribution in [0.1, 0.15) is 23.5 Å². The Kier molecular flexibility index (Phi) is 5.00. The van der Waals surface area contributed by atoms with Crippen molar-refractivity contribution in [2.75, 3.05) is 0 Å². The summed E-state index contributed by atoms with van der Waals surface area (Å²) in [5, 5.41) is 8.82. The van der Waals surface area contributed by atoms with E-state index in [0.717, 1.165) is 16.9 Å². The number of carbonyl (C=O) groups is 1. The van der Waals surface area contributed by atoms with Gasteiger partial charge >= 0.3 is 5.97 Å². The first-order valence-electron chi connectivity index (χ1n) is 6.63. The van der Waals surface area contributed by atoms with E-state index in [2.05, 4.69) is 5.92 Å². The summed E-state index contributed by atoms with van der Waals surface area (Å²) in [6.45, 7) is 0.494. The number of hydrogen-bond donors (Lipinski definition) is 1. The second-order valence-electron chi connectivity index (χ2n) is 4.66. The molecule has 2 aromatic rings. The van der Waals surface area contributed by atoms with E-state index in [1.807, 2.05) is 54.6 Å². The van der Waals surface area contributed by atoms with Crippen LogP contribution >= 0.6 is 0 Å². The van der Waals surface area contributed by atoms with Crippen LogP contribution in [-0.4, -0.2) is 11.1 Å². The first-order valence-corrected chi connectivity index (χ1v) is 6.63. The summed E-state index contributed by atoms with van der Waals surface area (Å²) in [6, 6.07) is 17.1. The fourth-order valence-electron chi connectivity index (χ4n) is 1.98. The molecule has 1 N–H and O–H groups in total. The molecule has 2 aromatic carbocycles. The molecule has 0 fully saturated rings. The SMILES string of the molecule is C#CC(CC(=O)O)c1ccc(OCc2ccccc2)cc1. The predicted molar refractivity (Wildman–Crippen MR) is 81.0 cm³/mol. The number of benzene rings is 2. The minimum absolute atomic E-state index is 0.0687. The highest BCUT2D eigenvalue weighted by Crippen LogP contribution is 2.22. The minimum Gasteiger partial charge on any atom is -0.489 e. The second kappa shape index (κ2) is 7.16. The maximum absolute atomic E-state index is 10.7. The Morgan fingerprint density at radius 1 is 1.14 bits per heavy atom. The van der Waals surface area contributed by atoms with Crippen molar-refractivity contribution in [1.29, 1.82) is 0 Å². The van der Waals surface area contributed by atoms with Crippen molar-refractivity contribution in [2.24, 2.45) is 0 Å². The van der Waals surface area contributed by atoms with Crippen molar-refractivity contribution in [3.8, 4) is 18.1 Å². The Balaban J connectivity index is 1.98. The standard InChI is InChI=1S/C18H16O3/c1-2-15(12-18(19)20)16-8-10-17(11-9-16)21-13-14-6-4-3-5-7-14/h1,3-11,15H,12-13H2,(H,19,20). The molecule has 1 unspecified atom stereocenters. The van der Waals surface area contributed by atoms with Gasteiger partial charge in [-0.25, -0.2) is 0 Å². The maximum atomic E-state index is 10.7. The van der Waals surface area contributed by atoms with E-state index in [4.69, 9.17) is 16.3 Å². The zero-order valence-electron chi connectivity index (χ0n) is 11.5. The largest absolute Gasteiger partial charge is 0.489 e. The van der Waals surface area contributed by atoms with Gasteiger partial charge in [-0.2, -0.15) is 0 Å².